The molecule has 0 heterocycles. The Morgan fingerprint density at radius 3 is 2.17 bits per heavy atom. The first-order valence-electron chi connectivity index (χ1n) is 11.4. The minimum atomic E-state index is -3.81. The number of amides is 1. The van der Waals surface area contributed by atoms with Gasteiger partial charge in [0.2, 0.25) is 10.0 Å². The Kier molecular flexibility index (Phi) is 9.24. The average molecular weight is 551 g/mol. The van der Waals surface area contributed by atoms with Crippen LogP contribution in [-0.4, -0.2) is 36.8 Å². The zero-order chi connectivity index (χ0) is 26.5. The van der Waals surface area contributed by atoms with Gasteiger partial charge in [-0.05, 0) is 41.8 Å². The molecular weight excluding hydrogens is 523 g/mol. The van der Waals surface area contributed by atoms with E-state index >= 15 is 0 Å². The minimum Gasteiger partial charge on any atom is -0.505 e. The molecule has 0 fully saturated rings. The van der Waals surface area contributed by atoms with E-state index in [0.29, 0.717) is 30.8 Å². The fourth-order valence-corrected chi connectivity index (χ4v) is 5.69. The summed E-state index contributed by atoms with van der Waals surface area (Å²) in [5.41, 5.74) is 1.82. The molecule has 0 aliphatic carbocycles. The first-order valence-corrected chi connectivity index (χ1v) is 13.6. The van der Waals surface area contributed by atoms with Gasteiger partial charge in [0.05, 0.1) is 20.6 Å². The second-order valence-electron chi connectivity index (χ2n) is 7.92. The summed E-state index contributed by atoms with van der Waals surface area (Å²) in [6, 6.07) is 15.0. The highest BCUT2D eigenvalue weighted by Crippen LogP contribution is 2.36. The lowest BCUT2D eigenvalue weighted by Gasteiger charge is -2.22. The summed E-state index contributed by atoms with van der Waals surface area (Å²) in [6.45, 7) is 6.23. The predicted molar refractivity (Wildman–Crippen MR) is 143 cm³/mol. The normalized spacial score (nSPS) is 11.5. The smallest absolute Gasteiger partial charge is 0.255 e. The number of halogens is 2. The molecule has 0 bridgehead atoms. The summed E-state index contributed by atoms with van der Waals surface area (Å²) in [6.07, 6.45) is 0.464. The minimum absolute atomic E-state index is 0.0483. The van der Waals surface area contributed by atoms with Crippen LogP contribution in [0.4, 0.5) is 5.69 Å². The molecule has 2 N–H and O–H groups in total. The number of aryl methyl sites for hydroxylation is 1. The highest BCUT2D eigenvalue weighted by molar-refractivity contribution is 7.89. The van der Waals surface area contributed by atoms with Crippen LogP contribution in [0.3, 0.4) is 0 Å². The van der Waals surface area contributed by atoms with Gasteiger partial charge in [-0.1, -0.05) is 74.3 Å². The Morgan fingerprint density at radius 1 is 1.00 bits per heavy atom. The van der Waals surface area contributed by atoms with Crippen molar-refractivity contribution < 1.29 is 23.1 Å². The first-order chi connectivity index (χ1) is 17.1. The van der Waals surface area contributed by atoms with Gasteiger partial charge in [-0.25, -0.2) is 8.42 Å². The van der Waals surface area contributed by atoms with Crippen molar-refractivity contribution >= 4 is 44.8 Å². The number of hydrogen-bond donors (Lipinski definition) is 2. The average Bonchev–Trinajstić information content (AvgIpc) is 2.86. The molecule has 0 unspecified atom stereocenters. The highest BCUT2D eigenvalue weighted by atomic mass is 35.5. The quantitative estimate of drug-likeness (QED) is 0.316. The second kappa shape index (κ2) is 12.0. The van der Waals surface area contributed by atoms with Crippen molar-refractivity contribution in [3.8, 4) is 11.5 Å². The van der Waals surface area contributed by atoms with Crippen molar-refractivity contribution in [2.75, 3.05) is 18.4 Å². The summed E-state index contributed by atoms with van der Waals surface area (Å²) in [5.74, 6) is -0.561. The molecule has 0 atom stereocenters. The Morgan fingerprint density at radius 2 is 1.61 bits per heavy atom. The molecule has 1 amide bonds. The van der Waals surface area contributed by atoms with E-state index in [4.69, 9.17) is 27.9 Å². The van der Waals surface area contributed by atoms with Crippen LogP contribution in [0.1, 0.15) is 42.3 Å². The lowest BCUT2D eigenvalue weighted by atomic mass is 10.1. The van der Waals surface area contributed by atoms with E-state index in [0.717, 1.165) is 5.56 Å². The first kappa shape index (κ1) is 27.8. The topological polar surface area (TPSA) is 95.9 Å². The number of phenols is 1. The van der Waals surface area contributed by atoms with E-state index in [1.807, 2.05) is 37.3 Å². The largest absolute Gasteiger partial charge is 0.505 e. The van der Waals surface area contributed by atoms with Crippen molar-refractivity contribution in [1.29, 1.82) is 0 Å². The molecule has 0 saturated heterocycles. The third-order valence-corrected chi connectivity index (χ3v) is 8.22. The van der Waals surface area contributed by atoms with Crippen LogP contribution in [-0.2, 0) is 23.1 Å². The van der Waals surface area contributed by atoms with Crippen molar-refractivity contribution in [2.45, 2.75) is 38.7 Å². The van der Waals surface area contributed by atoms with E-state index < -0.39 is 15.9 Å². The summed E-state index contributed by atoms with van der Waals surface area (Å²) >= 11 is 12.0. The monoisotopic (exact) mass is 550 g/mol. The lowest BCUT2D eigenvalue weighted by molar-refractivity contribution is 0.102. The van der Waals surface area contributed by atoms with Gasteiger partial charge in [-0.3, -0.25) is 4.79 Å². The van der Waals surface area contributed by atoms with E-state index in [1.54, 1.807) is 19.9 Å². The van der Waals surface area contributed by atoms with Crippen LogP contribution in [0.2, 0.25) is 10.0 Å². The number of carbonyl (C=O) groups is 1. The molecule has 0 aromatic heterocycles. The molecule has 0 aliphatic heterocycles. The molecule has 0 radical (unpaired) electrons. The highest BCUT2D eigenvalue weighted by Gasteiger charge is 2.26. The molecule has 3 rings (SSSR count). The summed E-state index contributed by atoms with van der Waals surface area (Å²) in [5, 5.41) is 12.4. The maximum absolute atomic E-state index is 13.3. The summed E-state index contributed by atoms with van der Waals surface area (Å²) in [4.78, 5) is 13.2. The maximum atomic E-state index is 13.3. The van der Waals surface area contributed by atoms with Gasteiger partial charge < -0.3 is 15.2 Å². The number of nitrogens with one attached hydrogen (secondary N) is 1. The van der Waals surface area contributed by atoms with Crippen LogP contribution in [0, 0.1) is 0 Å². The molecule has 10 heteroatoms. The maximum Gasteiger partial charge on any atom is 0.255 e. The number of hydrogen-bond acceptors (Lipinski definition) is 5. The standard InChI is InChI=1S/C26H28Cl2N2O5S/c1-4-18-12-20(36(33,34)30(5-2)6-3)15-23(25(18)35-16-17-10-8-7-9-11-17)29-26(32)19-13-21(27)24(31)22(28)14-19/h7-15,31H,4-6,16H2,1-3H3,(H,29,32). The Labute approximate surface area is 221 Å². The van der Waals surface area contributed by atoms with E-state index in [-0.39, 0.29) is 38.5 Å². The molecule has 192 valence electrons. The van der Waals surface area contributed by atoms with Crippen LogP contribution in [0.25, 0.3) is 0 Å². The van der Waals surface area contributed by atoms with Crippen molar-refractivity contribution in [2.24, 2.45) is 0 Å². The number of phenolic OH excluding ortho intramolecular Hbond substituents is 1. The van der Waals surface area contributed by atoms with Crippen LogP contribution >= 0.6 is 23.2 Å². The van der Waals surface area contributed by atoms with E-state index in [9.17, 15) is 18.3 Å². The SMILES string of the molecule is CCc1cc(S(=O)(=O)N(CC)CC)cc(NC(=O)c2cc(Cl)c(O)c(Cl)c2)c1OCc1ccccc1. The molecule has 0 aliphatic rings. The van der Waals surface area contributed by atoms with Gasteiger partial charge in [0.25, 0.3) is 5.91 Å². The third-order valence-electron chi connectivity index (χ3n) is 5.62. The lowest BCUT2D eigenvalue weighted by Crippen LogP contribution is -2.30. The van der Waals surface area contributed by atoms with Gasteiger partial charge >= 0.3 is 0 Å². The Balaban J connectivity index is 2.10. The fraction of sp³-hybridized carbons (Fsp3) is 0.269. The molecule has 7 nitrogen and oxygen atoms in total. The van der Waals surface area contributed by atoms with Crippen molar-refractivity contribution in [1.82, 2.24) is 4.31 Å². The van der Waals surface area contributed by atoms with Crippen molar-refractivity contribution in [3.63, 3.8) is 0 Å². The van der Waals surface area contributed by atoms with Gasteiger partial charge in [0, 0.05) is 18.7 Å². The predicted octanol–water partition coefficient (Wildman–Crippen LogP) is 6.12. The Bertz CT molecular complexity index is 1320. The zero-order valence-corrected chi connectivity index (χ0v) is 22.5. The number of anilines is 1. The molecule has 3 aromatic rings. The van der Waals surface area contributed by atoms with Crippen LogP contribution < -0.4 is 10.1 Å². The fourth-order valence-electron chi connectivity index (χ4n) is 3.67. The Hall–Kier alpha value is -2.78. The molecule has 0 saturated carbocycles. The van der Waals surface area contributed by atoms with Crippen LogP contribution in [0.5, 0.6) is 11.5 Å². The van der Waals surface area contributed by atoms with Gasteiger partial charge in [0.1, 0.15) is 12.4 Å². The zero-order valence-electron chi connectivity index (χ0n) is 20.2. The van der Waals surface area contributed by atoms with E-state index in [2.05, 4.69) is 5.32 Å². The molecule has 36 heavy (non-hydrogen) atoms. The number of sulfonamides is 1. The number of nitrogens with zero attached hydrogens (tertiary/aromatic N) is 1. The number of carbonyl (C=O) groups excluding carboxylic acids is 1. The van der Waals surface area contributed by atoms with E-state index in [1.165, 1.54) is 22.5 Å². The second-order valence-corrected chi connectivity index (χ2v) is 10.7. The molecular formula is C26H28Cl2N2O5S. The third kappa shape index (κ3) is 6.13. The number of aromatic hydroxyl groups is 1. The van der Waals surface area contributed by atoms with Gasteiger partial charge in [-0.15, -0.1) is 0 Å². The number of ether oxygens (including phenoxy) is 1. The summed E-state index contributed by atoms with van der Waals surface area (Å²) in [7, 11) is -3.81. The van der Waals surface area contributed by atoms with Gasteiger partial charge in [-0.2, -0.15) is 4.31 Å². The number of benzene rings is 3. The molecule has 3 aromatic carbocycles. The van der Waals surface area contributed by atoms with Crippen LogP contribution in [0.15, 0.2) is 59.5 Å². The number of rotatable bonds is 10. The molecule has 0 spiro atoms. The summed E-state index contributed by atoms with van der Waals surface area (Å²) < 4.78 is 34.1. The van der Waals surface area contributed by atoms with Gasteiger partial charge in [0.15, 0.2) is 5.75 Å². The van der Waals surface area contributed by atoms with Crippen molar-refractivity contribution in [3.05, 3.63) is 81.3 Å².